The van der Waals surface area contributed by atoms with Gasteiger partial charge in [-0.2, -0.15) is 0 Å². The lowest BCUT2D eigenvalue weighted by Gasteiger charge is -2.08. The molecule has 0 aliphatic heterocycles. The first kappa shape index (κ1) is 14.1. The van der Waals surface area contributed by atoms with Gasteiger partial charge in [0.15, 0.2) is 0 Å². The topological polar surface area (TPSA) is 75.4 Å². The van der Waals surface area contributed by atoms with Crippen LogP contribution in [0.3, 0.4) is 0 Å². The minimum absolute atomic E-state index is 0.118. The molecule has 104 valence electrons. The number of aromatic hydroxyl groups is 1. The highest BCUT2D eigenvalue weighted by Crippen LogP contribution is 2.28. The smallest absolute Gasteiger partial charge is 0.292 e. The number of nitro groups is 1. The highest BCUT2D eigenvalue weighted by Gasteiger charge is 2.13. The van der Waals surface area contributed by atoms with Gasteiger partial charge in [0.2, 0.25) is 0 Å². The Kier molecular flexibility index (Phi) is 4.05. The van der Waals surface area contributed by atoms with Crippen molar-refractivity contribution < 1.29 is 14.4 Å². The molecule has 0 saturated heterocycles. The Morgan fingerprint density at radius 1 is 1.30 bits per heavy atom. The van der Waals surface area contributed by atoms with Crippen molar-refractivity contribution in [3.63, 3.8) is 0 Å². The Morgan fingerprint density at radius 3 is 2.70 bits per heavy atom. The molecule has 0 aliphatic rings. The molecule has 0 bridgehead atoms. The fourth-order valence-electron chi connectivity index (χ4n) is 1.74. The number of nitro benzene ring substituents is 1. The zero-order valence-electron chi connectivity index (χ0n) is 10.1. The van der Waals surface area contributed by atoms with Crippen LogP contribution >= 0.6 is 11.6 Å². The first-order chi connectivity index (χ1) is 9.45. The molecule has 2 aromatic rings. The maximum Gasteiger partial charge on any atom is 0.292 e. The number of nitrogens with zero attached hydrogens (tertiary/aromatic N) is 1. The Morgan fingerprint density at radius 2 is 2.05 bits per heavy atom. The van der Waals surface area contributed by atoms with Crippen molar-refractivity contribution in [2.45, 2.75) is 6.54 Å². The summed E-state index contributed by atoms with van der Waals surface area (Å²) in [6.45, 7) is 0.118. The molecule has 0 fully saturated rings. The Hall–Kier alpha value is -2.34. The number of phenolic OH excluding ortho intramolecular Hbond substituents is 1. The van der Waals surface area contributed by atoms with Crippen LogP contribution in [-0.4, -0.2) is 10.0 Å². The summed E-state index contributed by atoms with van der Waals surface area (Å²) in [5.41, 5.74) is 0.554. The van der Waals surface area contributed by atoms with Gasteiger partial charge in [-0.25, -0.2) is 4.39 Å². The molecule has 0 saturated carbocycles. The van der Waals surface area contributed by atoms with Crippen LogP contribution in [0.5, 0.6) is 5.75 Å². The Labute approximate surface area is 118 Å². The average molecular weight is 297 g/mol. The predicted molar refractivity (Wildman–Crippen MR) is 73.5 cm³/mol. The number of benzene rings is 2. The van der Waals surface area contributed by atoms with E-state index in [1.54, 1.807) is 0 Å². The minimum atomic E-state index is -0.581. The zero-order valence-corrected chi connectivity index (χ0v) is 10.9. The van der Waals surface area contributed by atoms with Crippen LogP contribution in [-0.2, 0) is 6.54 Å². The lowest BCUT2D eigenvalue weighted by molar-refractivity contribution is -0.384. The summed E-state index contributed by atoms with van der Waals surface area (Å²) in [5, 5.41) is 23.3. The van der Waals surface area contributed by atoms with Gasteiger partial charge in [-0.05, 0) is 29.8 Å². The van der Waals surface area contributed by atoms with Gasteiger partial charge in [-0.1, -0.05) is 11.6 Å². The van der Waals surface area contributed by atoms with E-state index in [0.717, 1.165) is 6.07 Å². The SMILES string of the molecule is O=[N+]([O-])c1ccc(Cl)cc1NCc1cc(O)cc(F)c1. The van der Waals surface area contributed by atoms with E-state index in [1.807, 2.05) is 0 Å². The molecule has 20 heavy (non-hydrogen) atoms. The molecule has 2 rings (SSSR count). The molecule has 5 nitrogen and oxygen atoms in total. The number of anilines is 1. The summed E-state index contributed by atoms with van der Waals surface area (Å²) in [7, 11) is 0. The van der Waals surface area contributed by atoms with Crippen molar-refractivity contribution in [2.75, 3.05) is 5.32 Å². The molecular weight excluding hydrogens is 287 g/mol. The molecule has 0 radical (unpaired) electrons. The van der Waals surface area contributed by atoms with Crippen LogP contribution in [0.2, 0.25) is 5.02 Å². The van der Waals surface area contributed by atoms with Gasteiger partial charge >= 0.3 is 0 Å². The third kappa shape index (κ3) is 3.36. The van der Waals surface area contributed by atoms with E-state index in [2.05, 4.69) is 5.32 Å². The molecule has 0 heterocycles. The number of nitrogens with one attached hydrogen (secondary N) is 1. The first-order valence-corrected chi connectivity index (χ1v) is 6.00. The van der Waals surface area contributed by atoms with E-state index in [4.69, 9.17) is 11.6 Å². The number of hydrogen-bond donors (Lipinski definition) is 2. The molecule has 0 amide bonds. The van der Waals surface area contributed by atoms with Gasteiger partial charge in [0.1, 0.15) is 17.3 Å². The predicted octanol–water partition coefficient (Wildman–Crippen LogP) is 3.71. The monoisotopic (exact) mass is 296 g/mol. The van der Waals surface area contributed by atoms with Gasteiger partial charge < -0.3 is 10.4 Å². The fraction of sp³-hybridized carbons (Fsp3) is 0.0769. The molecule has 0 aromatic heterocycles. The van der Waals surface area contributed by atoms with Gasteiger partial charge in [0.25, 0.3) is 5.69 Å². The third-order valence-corrected chi connectivity index (χ3v) is 2.82. The summed E-state index contributed by atoms with van der Waals surface area (Å²) in [4.78, 5) is 10.3. The van der Waals surface area contributed by atoms with E-state index in [0.29, 0.717) is 10.6 Å². The number of halogens is 2. The van der Waals surface area contributed by atoms with E-state index in [1.165, 1.54) is 30.3 Å². The summed E-state index contributed by atoms with van der Waals surface area (Å²) in [6, 6.07) is 7.69. The summed E-state index contributed by atoms with van der Waals surface area (Å²) in [5.74, 6) is -0.787. The van der Waals surface area contributed by atoms with Crippen molar-refractivity contribution in [3.05, 3.63) is 62.9 Å². The highest BCUT2D eigenvalue weighted by atomic mass is 35.5. The fourth-order valence-corrected chi connectivity index (χ4v) is 1.91. The molecule has 0 unspecified atom stereocenters. The normalized spacial score (nSPS) is 10.3. The number of hydrogen-bond acceptors (Lipinski definition) is 4. The van der Waals surface area contributed by atoms with Crippen LogP contribution in [0.4, 0.5) is 15.8 Å². The van der Waals surface area contributed by atoms with Crippen molar-refractivity contribution in [3.8, 4) is 5.75 Å². The van der Waals surface area contributed by atoms with Gasteiger partial charge in [-0.3, -0.25) is 10.1 Å². The van der Waals surface area contributed by atoms with E-state index < -0.39 is 10.7 Å². The molecule has 2 aromatic carbocycles. The van der Waals surface area contributed by atoms with Crippen molar-refractivity contribution in [1.82, 2.24) is 0 Å². The van der Waals surface area contributed by atoms with Gasteiger partial charge in [-0.15, -0.1) is 0 Å². The second-order valence-electron chi connectivity index (χ2n) is 4.09. The third-order valence-electron chi connectivity index (χ3n) is 2.58. The second kappa shape index (κ2) is 5.75. The largest absolute Gasteiger partial charge is 0.508 e. The molecule has 0 atom stereocenters. The average Bonchev–Trinajstić information content (AvgIpc) is 2.35. The van der Waals surface area contributed by atoms with Gasteiger partial charge in [0, 0.05) is 23.7 Å². The number of phenols is 1. The second-order valence-corrected chi connectivity index (χ2v) is 4.53. The molecule has 0 spiro atoms. The molecule has 2 N–H and O–H groups in total. The number of rotatable bonds is 4. The maximum atomic E-state index is 13.1. The summed E-state index contributed by atoms with van der Waals surface area (Å²) >= 11 is 5.79. The molecule has 0 aliphatic carbocycles. The molecule has 7 heteroatoms. The van der Waals surface area contributed by atoms with E-state index in [9.17, 15) is 19.6 Å². The quantitative estimate of drug-likeness (QED) is 0.666. The molecular formula is C13H10ClFN2O3. The van der Waals surface area contributed by atoms with Crippen molar-refractivity contribution >= 4 is 23.0 Å². The van der Waals surface area contributed by atoms with Crippen molar-refractivity contribution in [2.24, 2.45) is 0 Å². The van der Waals surface area contributed by atoms with Gasteiger partial charge in [0.05, 0.1) is 4.92 Å². The lowest BCUT2D eigenvalue weighted by Crippen LogP contribution is -2.03. The standard InChI is InChI=1S/C13H10ClFN2O3/c14-9-1-2-13(17(19)20)12(5-9)16-7-8-3-10(15)6-11(18)4-8/h1-6,16,18H,7H2. The Bertz CT molecular complexity index is 644. The van der Waals surface area contributed by atoms with Crippen LogP contribution in [0, 0.1) is 15.9 Å². The van der Waals surface area contributed by atoms with Crippen LogP contribution < -0.4 is 5.32 Å². The minimum Gasteiger partial charge on any atom is -0.508 e. The zero-order chi connectivity index (χ0) is 14.7. The van der Waals surface area contributed by atoms with Crippen LogP contribution in [0.15, 0.2) is 36.4 Å². The van der Waals surface area contributed by atoms with Crippen LogP contribution in [0.1, 0.15) is 5.56 Å². The van der Waals surface area contributed by atoms with Crippen LogP contribution in [0.25, 0.3) is 0 Å². The maximum absolute atomic E-state index is 13.1. The van der Waals surface area contributed by atoms with Crippen molar-refractivity contribution in [1.29, 1.82) is 0 Å². The van der Waals surface area contributed by atoms with E-state index >= 15 is 0 Å². The lowest BCUT2D eigenvalue weighted by atomic mass is 10.2. The highest BCUT2D eigenvalue weighted by molar-refractivity contribution is 6.31. The summed E-state index contributed by atoms with van der Waals surface area (Å²) < 4.78 is 13.1. The summed E-state index contributed by atoms with van der Waals surface area (Å²) in [6.07, 6.45) is 0. The first-order valence-electron chi connectivity index (χ1n) is 5.62. The Balaban J connectivity index is 2.22. The van der Waals surface area contributed by atoms with E-state index in [-0.39, 0.29) is 23.7 Å².